The average molecular weight is 410 g/mol. The van der Waals surface area contributed by atoms with Gasteiger partial charge in [0.05, 0.1) is 0 Å². The van der Waals surface area contributed by atoms with Crippen LogP contribution in [0.2, 0.25) is 0 Å². The van der Waals surface area contributed by atoms with E-state index in [4.69, 9.17) is 0 Å². The van der Waals surface area contributed by atoms with Crippen LogP contribution in [0.4, 0.5) is 57.1 Å². The van der Waals surface area contributed by atoms with E-state index in [1.54, 1.807) is 0 Å². The summed E-state index contributed by atoms with van der Waals surface area (Å²) in [5, 5.41) is 0. The molecule has 1 rings (SSSR count). The molecule has 0 aromatic heterocycles. The highest BCUT2D eigenvalue weighted by Crippen LogP contribution is 2.61. The molecule has 0 amide bonds. The highest BCUT2D eigenvalue weighted by Gasteiger charge is 2.90. The van der Waals surface area contributed by atoms with Crippen LogP contribution in [0.15, 0.2) is 24.3 Å². The molecule has 13 heteroatoms. The summed E-state index contributed by atoms with van der Waals surface area (Å²) in [4.78, 5) is 0. The average Bonchev–Trinajstić information content (AvgIpc) is 2.45. The fraction of sp³-hybridized carbons (Fsp3) is 0.538. The third kappa shape index (κ3) is 2.88. The van der Waals surface area contributed by atoms with Crippen molar-refractivity contribution in [2.24, 2.45) is 0 Å². The zero-order chi connectivity index (χ0) is 21.0. The molecule has 0 saturated carbocycles. The monoisotopic (exact) mass is 410 g/mol. The number of hydrogen-bond donors (Lipinski definition) is 0. The molecule has 0 atom stereocenters. The van der Waals surface area contributed by atoms with Gasteiger partial charge in [-0.1, -0.05) is 29.8 Å². The lowest BCUT2D eigenvalue weighted by molar-refractivity contribution is -0.441. The first-order valence-electron chi connectivity index (χ1n) is 6.28. The topological polar surface area (TPSA) is 0 Å². The Morgan fingerprint density at radius 3 is 1.19 bits per heavy atom. The standard InChI is InChI=1S/C13H7F13/c1-6-2-4-7(5-3-6)8(14,15)9(16,17)10(18,19)11(20,21)12(22,23)13(24,25)26/h2-5H,1H3. The lowest BCUT2D eigenvalue weighted by Gasteiger charge is -2.39. The number of hydrogen-bond acceptors (Lipinski definition) is 0. The van der Waals surface area contributed by atoms with Crippen molar-refractivity contribution in [1.29, 1.82) is 0 Å². The summed E-state index contributed by atoms with van der Waals surface area (Å²) in [7, 11) is 0. The molecule has 0 fully saturated rings. The number of alkyl halides is 13. The molecular formula is C13H7F13. The molecular weight excluding hydrogens is 403 g/mol. The van der Waals surface area contributed by atoms with Crippen LogP contribution in [0.1, 0.15) is 11.1 Å². The second-order valence-corrected chi connectivity index (χ2v) is 5.24. The summed E-state index contributed by atoms with van der Waals surface area (Å²) in [6.45, 7) is 1.24. The first-order chi connectivity index (χ1) is 11.2. The molecule has 0 nitrogen and oxygen atoms in total. The summed E-state index contributed by atoms with van der Waals surface area (Å²) >= 11 is 0. The van der Waals surface area contributed by atoms with Crippen LogP contribution in [0, 0.1) is 6.92 Å². The lowest BCUT2D eigenvalue weighted by atomic mass is 9.90. The molecule has 0 saturated heterocycles. The Morgan fingerprint density at radius 1 is 0.500 bits per heavy atom. The summed E-state index contributed by atoms with van der Waals surface area (Å²) < 4.78 is 168. The van der Waals surface area contributed by atoms with Gasteiger partial charge >= 0.3 is 35.8 Å². The van der Waals surface area contributed by atoms with Crippen molar-refractivity contribution in [1.82, 2.24) is 0 Å². The molecule has 0 radical (unpaired) electrons. The smallest absolute Gasteiger partial charge is 0.194 e. The maximum atomic E-state index is 13.7. The molecule has 150 valence electrons. The van der Waals surface area contributed by atoms with Gasteiger partial charge in [0.2, 0.25) is 0 Å². The van der Waals surface area contributed by atoms with E-state index in [9.17, 15) is 57.1 Å². The van der Waals surface area contributed by atoms with E-state index in [0.717, 1.165) is 0 Å². The second kappa shape index (κ2) is 5.91. The summed E-state index contributed by atoms with van der Waals surface area (Å²) in [6, 6.07) is 1.58. The highest BCUT2D eigenvalue weighted by atomic mass is 19.4. The molecule has 1 aromatic carbocycles. The maximum absolute atomic E-state index is 13.7. The molecule has 0 aliphatic rings. The minimum absolute atomic E-state index is 0.110. The largest absolute Gasteiger partial charge is 0.460 e. The fourth-order valence-electron chi connectivity index (χ4n) is 1.71. The van der Waals surface area contributed by atoms with Gasteiger partial charge in [-0.05, 0) is 6.92 Å². The highest BCUT2D eigenvalue weighted by molar-refractivity contribution is 5.28. The van der Waals surface area contributed by atoms with Crippen molar-refractivity contribution in [3.63, 3.8) is 0 Å². The van der Waals surface area contributed by atoms with Crippen molar-refractivity contribution in [2.45, 2.75) is 42.7 Å². The molecule has 0 aliphatic heterocycles. The van der Waals surface area contributed by atoms with Gasteiger partial charge in [-0.2, -0.15) is 57.1 Å². The van der Waals surface area contributed by atoms with Crippen molar-refractivity contribution in [2.75, 3.05) is 0 Å². The van der Waals surface area contributed by atoms with Gasteiger partial charge in [-0.3, -0.25) is 0 Å². The van der Waals surface area contributed by atoms with Gasteiger partial charge in [-0.25, -0.2) is 0 Å². The molecule has 0 unspecified atom stereocenters. The van der Waals surface area contributed by atoms with Gasteiger partial charge in [0.15, 0.2) is 0 Å². The Hall–Kier alpha value is -1.69. The van der Waals surface area contributed by atoms with Crippen molar-refractivity contribution >= 4 is 0 Å². The second-order valence-electron chi connectivity index (χ2n) is 5.24. The Labute approximate surface area is 136 Å². The first kappa shape index (κ1) is 22.4. The Kier molecular flexibility index (Phi) is 5.08. The zero-order valence-electron chi connectivity index (χ0n) is 12.2. The number of rotatable bonds is 5. The van der Waals surface area contributed by atoms with Gasteiger partial charge in [0.25, 0.3) is 0 Å². The quantitative estimate of drug-likeness (QED) is 0.508. The van der Waals surface area contributed by atoms with E-state index in [2.05, 4.69) is 0 Å². The summed E-state index contributed by atoms with van der Waals surface area (Å²) in [5.41, 5.74) is -1.84. The maximum Gasteiger partial charge on any atom is 0.460 e. The van der Waals surface area contributed by atoms with E-state index in [1.165, 1.54) is 6.92 Å². The molecule has 0 aliphatic carbocycles. The summed E-state index contributed by atoms with van der Waals surface area (Å²) in [6.07, 6.45) is -7.41. The van der Waals surface area contributed by atoms with Gasteiger partial charge in [0, 0.05) is 5.56 Å². The van der Waals surface area contributed by atoms with Crippen LogP contribution >= 0.6 is 0 Å². The molecule has 0 bridgehead atoms. The van der Waals surface area contributed by atoms with Gasteiger partial charge in [0.1, 0.15) is 0 Å². The van der Waals surface area contributed by atoms with Crippen LogP contribution in [0.3, 0.4) is 0 Å². The molecule has 1 aromatic rings. The Morgan fingerprint density at radius 2 is 0.846 bits per heavy atom. The zero-order valence-corrected chi connectivity index (χ0v) is 12.2. The summed E-state index contributed by atoms with van der Waals surface area (Å²) in [5.74, 6) is -36.9. The minimum atomic E-state index is -7.88. The van der Waals surface area contributed by atoms with E-state index in [-0.39, 0.29) is 17.7 Å². The van der Waals surface area contributed by atoms with E-state index >= 15 is 0 Å². The van der Waals surface area contributed by atoms with Gasteiger partial charge < -0.3 is 0 Å². The lowest BCUT2D eigenvalue weighted by Crippen LogP contribution is -2.69. The van der Waals surface area contributed by atoms with Crippen LogP contribution in [-0.2, 0) is 5.92 Å². The SMILES string of the molecule is Cc1ccc(C(F)(F)C(F)(F)C(F)(F)C(F)(F)C(F)(F)C(F)(F)F)cc1. The molecule has 26 heavy (non-hydrogen) atoms. The predicted octanol–water partition coefficient (Wildman–Crippen LogP) is 6.19. The number of benzene rings is 1. The Bertz CT molecular complexity index is 639. The predicted molar refractivity (Wildman–Crippen MR) is 60.9 cm³/mol. The minimum Gasteiger partial charge on any atom is -0.194 e. The van der Waals surface area contributed by atoms with Crippen LogP contribution in [-0.4, -0.2) is 29.9 Å². The normalized spacial score (nSPS) is 15.3. The Balaban J connectivity index is 3.55. The van der Waals surface area contributed by atoms with E-state index in [1.807, 2.05) is 0 Å². The molecule has 0 N–H and O–H groups in total. The third-order valence-corrected chi connectivity index (χ3v) is 3.35. The third-order valence-electron chi connectivity index (χ3n) is 3.35. The van der Waals surface area contributed by atoms with Crippen molar-refractivity contribution in [3.8, 4) is 0 Å². The van der Waals surface area contributed by atoms with Crippen LogP contribution in [0.25, 0.3) is 0 Å². The number of halogens is 13. The first-order valence-corrected chi connectivity index (χ1v) is 6.28. The fourth-order valence-corrected chi connectivity index (χ4v) is 1.71. The molecule has 0 spiro atoms. The van der Waals surface area contributed by atoms with E-state index < -0.39 is 41.4 Å². The van der Waals surface area contributed by atoms with Crippen molar-refractivity contribution in [3.05, 3.63) is 35.4 Å². The van der Waals surface area contributed by atoms with Crippen molar-refractivity contribution < 1.29 is 57.1 Å². The van der Waals surface area contributed by atoms with Gasteiger partial charge in [-0.15, -0.1) is 0 Å². The van der Waals surface area contributed by atoms with Crippen LogP contribution < -0.4 is 0 Å². The van der Waals surface area contributed by atoms with E-state index in [0.29, 0.717) is 12.1 Å². The van der Waals surface area contributed by atoms with Crippen LogP contribution in [0.5, 0.6) is 0 Å². The number of aryl methyl sites for hydroxylation is 1. The molecule has 0 heterocycles.